The first-order valence-corrected chi connectivity index (χ1v) is 5.97. The summed E-state index contributed by atoms with van der Waals surface area (Å²) < 4.78 is 5.33. The van der Waals surface area contributed by atoms with Crippen LogP contribution >= 0.6 is 0 Å². The average Bonchev–Trinajstić information content (AvgIpc) is 2.22. The zero-order valence-corrected chi connectivity index (χ0v) is 9.72. The van der Waals surface area contributed by atoms with E-state index in [-0.39, 0.29) is 18.4 Å². The van der Waals surface area contributed by atoms with Crippen molar-refractivity contribution in [2.45, 2.75) is 18.9 Å². The molecule has 6 heteroatoms. The van der Waals surface area contributed by atoms with Crippen LogP contribution in [0.3, 0.4) is 0 Å². The molecular weight excluding hydrogens is 224 g/mol. The second-order valence-electron chi connectivity index (χ2n) is 4.66. The van der Waals surface area contributed by atoms with E-state index in [1.807, 2.05) is 0 Å². The Morgan fingerprint density at radius 1 is 1.35 bits per heavy atom. The van der Waals surface area contributed by atoms with Crippen LogP contribution in [0.15, 0.2) is 0 Å². The summed E-state index contributed by atoms with van der Waals surface area (Å²) in [5, 5.41) is 11.8. The van der Waals surface area contributed by atoms with Gasteiger partial charge in [-0.1, -0.05) is 0 Å². The normalized spacial score (nSPS) is 25.4. The van der Waals surface area contributed by atoms with Gasteiger partial charge in [-0.15, -0.1) is 0 Å². The topological polar surface area (TPSA) is 78.9 Å². The van der Waals surface area contributed by atoms with E-state index in [2.05, 4.69) is 5.32 Å². The van der Waals surface area contributed by atoms with Crippen LogP contribution in [0.25, 0.3) is 0 Å². The molecule has 2 aliphatic heterocycles. The minimum atomic E-state index is -0.882. The van der Waals surface area contributed by atoms with Crippen molar-refractivity contribution in [3.8, 4) is 0 Å². The molecule has 2 N–H and O–H groups in total. The van der Waals surface area contributed by atoms with Crippen molar-refractivity contribution in [3.05, 3.63) is 0 Å². The van der Waals surface area contributed by atoms with Crippen LogP contribution in [-0.2, 0) is 14.3 Å². The van der Waals surface area contributed by atoms with Crippen LogP contribution in [0, 0.1) is 5.92 Å². The molecule has 6 nitrogen and oxygen atoms in total. The Morgan fingerprint density at radius 2 is 2.12 bits per heavy atom. The lowest BCUT2D eigenvalue weighted by atomic mass is 9.98. The summed E-state index contributed by atoms with van der Waals surface area (Å²) in [5.74, 6) is -0.314. The Hall–Kier alpha value is -1.14. The van der Waals surface area contributed by atoms with Gasteiger partial charge in [0.25, 0.3) is 0 Å². The van der Waals surface area contributed by atoms with Gasteiger partial charge in [0.05, 0.1) is 19.1 Å². The molecular formula is C11H18N2O4. The number of carboxylic acids is 1. The fourth-order valence-corrected chi connectivity index (χ4v) is 2.13. The van der Waals surface area contributed by atoms with Gasteiger partial charge in [0.1, 0.15) is 0 Å². The first-order valence-electron chi connectivity index (χ1n) is 5.97. The van der Waals surface area contributed by atoms with Crippen molar-refractivity contribution in [3.63, 3.8) is 0 Å². The highest BCUT2D eigenvalue weighted by Crippen LogP contribution is 2.14. The van der Waals surface area contributed by atoms with E-state index in [0.717, 1.165) is 13.1 Å². The molecule has 2 rings (SSSR count). The van der Waals surface area contributed by atoms with Crippen molar-refractivity contribution in [1.29, 1.82) is 0 Å². The maximum Gasteiger partial charge on any atom is 0.306 e. The monoisotopic (exact) mass is 242 g/mol. The van der Waals surface area contributed by atoms with E-state index in [1.54, 1.807) is 4.90 Å². The molecule has 0 aromatic rings. The number of morpholine rings is 1. The van der Waals surface area contributed by atoms with E-state index < -0.39 is 5.97 Å². The second kappa shape index (κ2) is 5.46. The number of amides is 1. The molecule has 1 amide bonds. The summed E-state index contributed by atoms with van der Waals surface area (Å²) in [6.07, 6.45) is 0.173. The zero-order valence-electron chi connectivity index (χ0n) is 9.72. The molecule has 0 spiro atoms. The number of carbonyl (C=O) groups is 2. The van der Waals surface area contributed by atoms with E-state index >= 15 is 0 Å². The molecule has 1 unspecified atom stereocenters. The lowest BCUT2D eigenvalue weighted by molar-refractivity contribution is -0.148. The largest absolute Gasteiger partial charge is 0.481 e. The van der Waals surface area contributed by atoms with E-state index in [9.17, 15) is 9.59 Å². The van der Waals surface area contributed by atoms with E-state index in [0.29, 0.717) is 32.0 Å². The number of hydrogen-bond donors (Lipinski definition) is 2. The van der Waals surface area contributed by atoms with Gasteiger partial charge in [-0.05, 0) is 19.0 Å². The molecule has 0 radical (unpaired) electrons. The number of aliphatic carboxylic acids is 1. The van der Waals surface area contributed by atoms with Crippen molar-refractivity contribution >= 4 is 11.9 Å². The molecule has 2 saturated heterocycles. The third kappa shape index (κ3) is 3.41. The Balaban J connectivity index is 1.78. The van der Waals surface area contributed by atoms with Crippen LogP contribution in [0.1, 0.15) is 12.8 Å². The minimum absolute atomic E-state index is 0.0330. The lowest BCUT2D eigenvalue weighted by Crippen LogP contribution is -2.49. The highest BCUT2D eigenvalue weighted by molar-refractivity contribution is 5.77. The third-order valence-electron chi connectivity index (χ3n) is 3.22. The van der Waals surface area contributed by atoms with Gasteiger partial charge in [0.15, 0.2) is 0 Å². The van der Waals surface area contributed by atoms with Gasteiger partial charge in [0.2, 0.25) is 5.91 Å². The van der Waals surface area contributed by atoms with Crippen LogP contribution in [0.2, 0.25) is 0 Å². The van der Waals surface area contributed by atoms with Crippen molar-refractivity contribution < 1.29 is 19.4 Å². The Morgan fingerprint density at radius 3 is 2.71 bits per heavy atom. The first kappa shape index (κ1) is 12.3. The van der Waals surface area contributed by atoms with Gasteiger partial charge < -0.3 is 20.1 Å². The molecule has 0 bridgehead atoms. The van der Waals surface area contributed by atoms with E-state index in [1.165, 1.54) is 0 Å². The fourth-order valence-electron chi connectivity index (χ4n) is 2.13. The van der Waals surface area contributed by atoms with Gasteiger partial charge in [-0.25, -0.2) is 0 Å². The average molecular weight is 242 g/mol. The minimum Gasteiger partial charge on any atom is -0.481 e. The maximum absolute atomic E-state index is 11.9. The first-order chi connectivity index (χ1) is 8.15. The maximum atomic E-state index is 11.9. The van der Waals surface area contributed by atoms with Gasteiger partial charge >= 0.3 is 5.97 Å². The third-order valence-corrected chi connectivity index (χ3v) is 3.22. The summed E-state index contributed by atoms with van der Waals surface area (Å²) >= 11 is 0. The predicted molar refractivity (Wildman–Crippen MR) is 59.5 cm³/mol. The quantitative estimate of drug-likeness (QED) is 0.681. The van der Waals surface area contributed by atoms with Crippen molar-refractivity contribution in [2.75, 3.05) is 32.8 Å². The summed E-state index contributed by atoms with van der Waals surface area (Å²) in [5.41, 5.74) is 0. The predicted octanol–water partition coefficient (Wildman–Crippen LogP) is -0.702. The van der Waals surface area contributed by atoms with Gasteiger partial charge in [-0.3, -0.25) is 9.59 Å². The number of carboxylic acid groups (broad SMARTS) is 1. The Labute approximate surface area is 99.9 Å². The molecule has 0 aliphatic carbocycles. The van der Waals surface area contributed by atoms with Crippen LogP contribution in [0.5, 0.6) is 0 Å². The molecule has 17 heavy (non-hydrogen) atoms. The summed E-state index contributed by atoms with van der Waals surface area (Å²) in [7, 11) is 0. The summed E-state index contributed by atoms with van der Waals surface area (Å²) in [6, 6.07) is 0. The van der Waals surface area contributed by atoms with Crippen LogP contribution in [0.4, 0.5) is 0 Å². The van der Waals surface area contributed by atoms with Gasteiger partial charge in [-0.2, -0.15) is 0 Å². The number of ether oxygens (including phenoxy) is 1. The molecule has 2 heterocycles. The SMILES string of the molecule is O=C(O)CC1CN(C(=O)CC2CNC2)CCO1. The van der Waals surface area contributed by atoms with Gasteiger partial charge in [0, 0.05) is 19.5 Å². The lowest BCUT2D eigenvalue weighted by Gasteiger charge is -2.34. The van der Waals surface area contributed by atoms with Crippen molar-refractivity contribution in [1.82, 2.24) is 10.2 Å². The highest BCUT2D eigenvalue weighted by atomic mass is 16.5. The molecule has 0 aromatic carbocycles. The number of carbonyl (C=O) groups excluding carboxylic acids is 1. The molecule has 0 saturated carbocycles. The zero-order chi connectivity index (χ0) is 12.3. The Kier molecular flexibility index (Phi) is 3.96. The Bertz CT molecular complexity index is 304. The fraction of sp³-hybridized carbons (Fsp3) is 0.818. The smallest absolute Gasteiger partial charge is 0.306 e. The number of nitrogens with one attached hydrogen (secondary N) is 1. The van der Waals surface area contributed by atoms with E-state index in [4.69, 9.17) is 9.84 Å². The summed E-state index contributed by atoms with van der Waals surface area (Å²) in [6.45, 7) is 3.25. The molecule has 2 fully saturated rings. The van der Waals surface area contributed by atoms with Crippen LogP contribution < -0.4 is 5.32 Å². The molecule has 0 aromatic heterocycles. The molecule has 96 valence electrons. The highest BCUT2D eigenvalue weighted by Gasteiger charge is 2.28. The number of hydrogen-bond acceptors (Lipinski definition) is 4. The summed E-state index contributed by atoms with van der Waals surface area (Å²) in [4.78, 5) is 24.2. The standard InChI is InChI=1S/C11H18N2O4/c14-10(3-8-5-12-6-8)13-1-2-17-9(7-13)4-11(15)16/h8-9,12H,1-7H2,(H,15,16). The molecule has 2 aliphatic rings. The van der Waals surface area contributed by atoms with Crippen LogP contribution in [-0.4, -0.2) is 60.8 Å². The number of nitrogens with zero attached hydrogens (tertiary/aromatic N) is 1. The second-order valence-corrected chi connectivity index (χ2v) is 4.66. The number of rotatable bonds is 4. The van der Waals surface area contributed by atoms with Crippen molar-refractivity contribution in [2.24, 2.45) is 5.92 Å². The molecule has 1 atom stereocenters.